The Bertz CT molecular complexity index is 436. The van der Waals surface area contributed by atoms with Crippen molar-refractivity contribution >= 4 is 37.4 Å². The highest BCUT2D eigenvalue weighted by Crippen LogP contribution is 2.37. The van der Waals surface area contributed by atoms with Gasteiger partial charge < -0.3 is 4.74 Å². The lowest BCUT2D eigenvalue weighted by molar-refractivity contribution is 0.225. The van der Waals surface area contributed by atoms with Crippen LogP contribution in [0.3, 0.4) is 0 Å². The predicted molar refractivity (Wildman–Crippen MR) is 75.2 cm³/mol. The van der Waals surface area contributed by atoms with Crippen LogP contribution in [0.15, 0.2) is 28.7 Å². The van der Waals surface area contributed by atoms with E-state index in [1.807, 2.05) is 12.1 Å². The molecule has 0 N–H and O–H groups in total. The zero-order valence-corrected chi connectivity index (χ0v) is 12.6. The summed E-state index contributed by atoms with van der Waals surface area (Å²) in [4.78, 5) is 0. The Labute approximate surface area is 113 Å². The third-order valence-corrected chi connectivity index (χ3v) is 3.69. The molecular formula is C13H14Br2O. The molecule has 0 radical (unpaired) electrons. The molecule has 0 unspecified atom stereocenters. The van der Waals surface area contributed by atoms with Gasteiger partial charge in [0.25, 0.3) is 0 Å². The van der Waals surface area contributed by atoms with Crippen molar-refractivity contribution in [2.75, 3.05) is 11.9 Å². The van der Waals surface area contributed by atoms with E-state index in [-0.39, 0.29) is 5.41 Å². The number of hydrogen-bond acceptors (Lipinski definition) is 1. The Balaban J connectivity index is 2.55. The van der Waals surface area contributed by atoms with Gasteiger partial charge in [-0.25, -0.2) is 0 Å². The van der Waals surface area contributed by atoms with E-state index in [0.717, 1.165) is 22.2 Å². The molecular weight excluding hydrogens is 332 g/mol. The molecule has 1 aromatic carbocycles. The molecule has 1 nitrogen and oxygen atoms in total. The summed E-state index contributed by atoms with van der Waals surface area (Å²) in [6, 6.07) is 6.16. The number of benzene rings is 1. The van der Waals surface area contributed by atoms with E-state index in [1.54, 1.807) is 0 Å². The van der Waals surface area contributed by atoms with Crippen molar-refractivity contribution in [3.63, 3.8) is 0 Å². The van der Waals surface area contributed by atoms with E-state index in [1.165, 1.54) is 11.1 Å². The highest BCUT2D eigenvalue weighted by atomic mass is 79.9. The Morgan fingerprint density at radius 3 is 2.81 bits per heavy atom. The van der Waals surface area contributed by atoms with Crippen molar-refractivity contribution in [1.82, 2.24) is 0 Å². The molecule has 3 heteroatoms. The fourth-order valence-electron chi connectivity index (χ4n) is 1.84. The summed E-state index contributed by atoms with van der Waals surface area (Å²) >= 11 is 7.06. The van der Waals surface area contributed by atoms with Crippen LogP contribution in [0, 0.1) is 5.41 Å². The zero-order valence-electron chi connectivity index (χ0n) is 9.39. The van der Waals surface area contributed by atoms with Gasteiger partial charge in [-0.1, -0.05) is 51.8 Å². The fourth-order valence-corrected chi connectivity index (χ4v) is 2.67. The van der Waals surface area contributed by atoms with Crippen LogP contribution in [0.5, 0.6) is 5.75 Å². The lowest BCUT2D eigenvalue weighted by Crippen LogP contribution is -2.17. The zero-order chi connectivity index (χ0) is 11.8. The van der Waals surface area contributed by atoms with E-state index in [9.17, 15) is 0 Å². The van der Waals surface area contributed by atoms with Gasteiger partial charge in [-0.2, -0.15) is 0 Å². The first-order valence-electron chi connectivity index (χ1n) is 5.22. The highest BCUT2D eigenvalue weighted by Gasteiger charge is 2.23. The monoisotopic (exact) mass is 344 g/mol. The number of ether oxygens (including phenoxy) is 1. The van der Waals surface area contributed by atoms with E-state index in [0.29, 0.717) is 0 Å². The summed E-state index contributed by atoms with van der Waals surface area (Å²) in [5.41, 5.74) is 2.55. The van der Waals surface area contributed by atoms with Crippen LogP contribution in [-0.4, -0.2) is 11.9 Å². The van der Waals surface area contributed by atoms with E-state index >= 15 is 0 Å². The molecule has 1 aromatic rings. The van der Waals surface area contributed by atoms with Gasteiger partial charge in [0.2, 0.25) is 0 Å². The van der Waals surface area contributed by atoms with E-state index in [4.69, 9.17) is 4.74 Å². The number of halogens is 2. The second-order valence-corrected chi connectivity index (χ2v) is 6.20. The molecule has 16 heavy (non-hydrogen) atoms. The quantitative estimate of drug-likeness (QED) is 0.673. The lowest BCUT2D eigenvalue weighted by atomic mass is 9.91. The largest absolute Gasteiger partial charge is 0.492 e. The SMILES string of the molecule is CC1(C)C=C(CBr)c2cc(Br)ccc2OC1. The summed E-state index contributed by atoms with van der Waals surface area (Å²) in [5, 5.41) is 0.850. The average Bonchev–Trinajstić information content (AvgIpc) is 2.36. The summed E-state index contributed by atoms with van der Waals surface area (Å²) in [6.45, 7) is 5.10. The maximum atomic E-state index is 5.86. The van der Waals surface area contributed by atoms with Gasteiger partial charge in [0, 0.05) is 20.8 Å². The first kappa shape index (κ1) is 12.2. The smallest absolute Gasteiger partial charge is 0.126 e. The molecule has 0 fully saturated rings. The molecule has 1 heterocycles. The van der Waals surface area contributed by atoms with Gasteiger partial charge in [-0.05, 0) is 23.8 Å². The van der Waals surface area contributed by atoms with Gasteiger partial charge in [0.05, 0.1) is 6.61 Å². The van der Waals surface area contributed by atoms with Crippen molar-refractivity contribution in [3.8, 4) is 5.75 Å². The van der Waals surface area contributed by atoms with Crippen LogP contribution in [0.25, 0.3) is 5.57 Å². The van der Waals surface area contributed by atoms with Gasteiger partial charge in [0.15, 0.2) is 0 Å². The van der Waals surface area contributed by atoms with Crippen molar-refractivity contribution < 1.29 is 4.74 Å². The Morgan fingerprint density at radius 2 is 2.12 bits per heavy atom. The Morgan fingerprint density at radius 1 is 1.38 bits per heavy atom. The van der Waals surface area contributed by atoms with Crippen LogP contribution in [0.2, 0.25) is 0 Å². The molecule has 0 saturated heterocycles. The summed E-state index contributed by atoms with van der Waals surface area (Å²) in [7, 11) is 0. The normalized spacial score (nSPS) is 18.1. The van der Waals surface area contributed by atoms with Gasteiger partial charge in [0.1, 0.15) is 5.75 Å². The van der Waals surface area contributed by atoms with Crippen molar-refractivity contribution in [2.24, 2.45) is 5.41 Å². The predicted octanol–water partition coefficient (Wildman–Crippen LogP) is 4.65. The number of hydrogen-bond donors (Lipinski definition) is 0. The maximum absolute atomic E-state index is 5.86. The molecule has 1 aliphatic heterocycles. The number of allylic oxidation sites excluding steroid dienone is 1. The molecule has 0 spiro atoms. The van der Waals surface area contributed by atoms with Crippen LogP contribution < -0.4 is 4.74 Å². The number of rotatable bonds is 1. The lowest BCUT2D eigenvalue weighted by Gasteiger charge is -2.18. The minimum absolute atomic E-state index is 0.0780. The molecule has 2 rings (SSSR count). The first-order chi connectivity index (χ1) is 7.52. The fraction of sp³-hybridized carbons (Fsp3) is 0.385. The molecule has 0 saturated carbocycles. The Hall–Kier alpha value is -0.280. The minimum Gasteiger partial charge on any atom is -0.492 e. The molecule has 0 bridgehead atoms. The molecule has 1 aliphatic rings. The highest BCUT2D eigenvalue weighted by molar-refractivity contribution is 9.10. The van der Waals surface area contributed by atoms with E-state index in [2.05, 4.69) is 57.8 Å². The number of fused-ring (bicyclic) bond motifs is 1. The van der Waals surface area contributed by atoms with Crippen LogP contribution >= 0.6 is 31.9 Å². The molecule has 0 aromatic heterocycles. The molecule has 0 aliphatic carbocycles. The van der Waals surface area contributed by atoms with Crippen LogP contribution in [-0.2, 0) is 0 Å². The van der Waals surface area contributed by atoms with Crippen LogP contribution in [0.4, 0.5) is 0 Å². The molecule has 86 valence electrons. The first-order valence-corrected chi connectivity index (χ1v) is 7.14. The number of alkyl halides is 1. The summed E-state index contributed by atoms with van der Waals surface area (Å²) in [5.74, 6) is 0.972. The van der Waals surface area contributed by atoms with Gasteiger partial charge in [-0.3, -0.25) is 0 Å². The maximum Gasteiger partial charge on any atom is 0.126 e. The van der Waals surface area contributed by atoms with E-state index < -0.39 is 0 Å². The standard InChI is InChI=1S/C13H14Br2O/c1-13(2)6-9(7-14)11-5-10(15)3-4-12(11)16-8-13/h3-6H,7-8H2,1-2H3. The topological polar surface area (TPSA) is 9.23 Å². The molecule has 0 atom stereocenters. The Kier molecular flexibility index (Phi) is 3.45. The van der Waals surface area contributed by atoms with Crippen molar-refractivity contribution in [1.29, 1.82) is 0 Å². The summed E-state index contributed by atoms with van der Waals surface area (Å²) in [6.07, 6.45) is 2.29. The summed E-state index contributed by atoms with van der Waals surface area (Å²) < 4.78 is 6.94. The van der Waals surface area contributed by atoms with Crippen molar-refractivity contribution in [3.05, 3.63) is 34.3 Å². The van der Waals surface area contributed by atoms with Crippen molar-refractivity contribution in [2.45, 2.75) is 13.8 Å². The van der Waals surface area contributed by atoms with Crippen LogP contribution in [0.1, 0.15) is 19.4 Å². The molecule has 0 amide bonds. The second kappa shape index (κ2) is 4.53. The third-order valence-electron chi connectivity index (χ3n) is 2.60. The third kappa shape index (κ3) is 2.51. The van der Waals surface area contributed by atoms with Gasteiger partial charge in [-0.15, -0.1) is 0 Å². The average molecular weight is 346 g/mol. The van der Waals surface area contributed by atoms with Gasteiger partial charge >= 0.3 is 0 Å². The second-order valence-electron chi connectivity index (χ2n) is 4.72. The minimum atomic E-state index is 0.0780.